The van der Waals surface area contributed by atoms with Crippen molar-refractivity contribution in [3.05, 3.63) is 87.4 Å². The summed E-state index contributed by atoms with van der Waals surface area (Å²) in [5, 5.41) is 20.9. The van der Waals surface area contributed by atoms with Gasteiger partial charge in [0.2, 0.25) is 0 Å². The third-order valence-electron chi connectivity index (χ3n) is 7.33. The van der Waals surface area contributed by atoms with Crippen LogP contribution in [0.25, 0.3) is 0 Å². The summed E-state index contributed by atoms with van der Waals surface area (Å²) in [7, 11) is 0. The van der Waals surface area contributed by atoms with Crippen LogP contribution in [0.1, 0.15) is 99.1 Å². The number of hydrogen-bond donors (Lipinski definition) is 5. The fraction of sp³-hybridized carbons (Fsp3) is 0.528. The molecular weight excluding hydrogens is 584 g/mol. The summed E-state index contributed by atoms with van der Waals surface area (Å²) in [5.74, 6) is -0.219. The van der Waals surface area contributed by atoms with Crippen molar-refractivity contribution < 1.29 is 19.8 Å². The van der Waals surface area contributed by atoms with E-state index < -0.39 is 12.1 Å². The van der Waals surface area contributed by atoms with E-state index >= 15 is 0 Å². The predicted molar refractivity (Wildman–Crippen MR) is 186 cm³/mol. The minimum Gasteiger partial charge on any atom is -0.481 e. The van der Waals surface area contributed by atoms with Crippen LogP contribution in [0.3, 0.4) is 0 Å². The molecule has 1 heterocycles. The third-order valence-corrected chi connectivity index (χ3v) is 8.28. The lowest BCUT2D eigenvalue weighted by Gasteiger charge is -2.17. The highest BCUT2D eigenvalue weighted by Gasteiger charge is 2.19. The molecule has 0 saturated carbocycles. The van der Waals surface area contributed by atoms with Gasteiger partial charge in [-0.3, -0.25) is 9.59 Å². The molecule has 45 heavy (non-hydrogen) atoms. The average molecular weight is 641 g/mol. The fourth-order valence-electron chi connectivity index (χ4n) is 4.50. The summed E-state index contributed by atoms with van der Waals surface area (Å²) >= 11 is 1.30. The number of aryl methyl sites for hydroxylation is 1. The van der Waals surface area contributed by atoms with Crippen LogP contribution in [0.4, 0.5) is 0 Å². The Morgan fingerprint density at radius 3 is 1.82 bits per heavy atom. The monoisotopic (exact) mass is 640 g/mol. The second-order valence-electron chi connectivity index (χ2n) is 12.8. The number of aliphatic hydroxyl groups is 1. The molecule has 0 unspecified atom stereocenters. The zero-order chi connectivity index (χ0) is 34.1. The third kappa shape index (κ3) is 17.4. The van der Waals surface area contributed by atoms with Gasteiger partial charge in [-0.15, -0.1) is 11.3 Å². The van der Waals surface area contributed by atoms with Gasteiger partial charge >= 0.3 is 5.97 Å². The summed E-state index contributed by atoms with van der Waals surface area (Å²) in [5.41, 5.74) is 21.9. The number of nitrogens with two attached hydrogens (primary N) is 3. The average Bonchev–Trinajstić information content (AvgIpc) is 3.46. The number of carbonyl (C=O) groups excluding carboxylic acids is 1. The van der Waals surface area contributed by atoms with Gasteiger partial charge in [0.25, 0.3) is 0 Å². The highest BCUT2D eigenvalue weighted by atomic mass is 32.1. The van der Waals surface area contributed by atoms with Crippen LogP contribution in [0.5, 0.6) is 0 Å². The molecule has 9 heteroatoms. The fourth-order valence-corrected chi connectivity index (χ4v) is 5.36. The number of thiazole rings is 1. The van der Waals surface area contributed by atoms with Crippen LogP contribution in [-0.4, -0.2) is 45.1 Å². The van der Waals surface area contributed by atoms with Crippen molar-refractivity contribution in [2.45, 2.75) is 105 Å². The summed E-state index contributed by atoms with van der Waals surface area (Å²) in [4.78, 5) is 25.8. The zero-order valence-corrected chi connectivity index (χ0v) is 29.0. The molecule has 0 amide bonds. The zero-order valence-electron chi connectivity index (χ0n) is 28.1. The van der Waals surface area contributed by atoms with Crippen molar-refractivity contribution >= 4 is 23.1 Å². The van der Waals surface area contributed by atoms with Gasteiger partial charge in [0.1, 0.15) is 16.8 Å². The first kappa shape index (κ1) is 40.1. The number of carbonyl (C=O) groups is 2. The van der Waals surface area contributed by atoms with Crippen LogP contribution in [0.15, 0.2) is 60.0 Å². The standard InChI is InChI=1S/C13H19NO2.C12H19N.C11H18N2O2S/c1-9-3-5-11(6-4-9)8-12(14)7-10(2)13(15)16;1-10(2)8-12(13)9-11-6-4-3-5-7-11;1-6(2)8(12)4-10(15)11-13-9(5-16-11)7(3)14/h3-6,10,12H,7-8,14H2,1-2H3,(H,15,16);3-7,10,12H,8-9,13H2,1-2H3;5-6,8,10,15H,4,12H2,1-3H3/t10-,12+;12-;8-,10-/m011/s1. The second-order valence-corrected chi connectivity index (χ2v) is 13.7. The van der Waals surface area contributed by atoms with Crippen LogP contribution in [0, 0.1) is 24.7 Å². The molecule has 0 radical (unpaired) electrons. The van der Waals surface area contributed by atoms with E-state index in [1.165, 1.54) is 29.4 Å². The maximum atomic E-state index is 11.0. The molecule has 3 aromatic rings. The second kappa shape index (κ2) is 21.0. The Bertz CT molecular complexity index is 1250. The van der Waals surface area contributed by atoms with Crippen LogP contribution in [0.2, 0.25) is 0 Å². The van der Waals surface area contributed by atoms with E-state index in [4.69, 9.17) is 22.3 Å². The SMILES string of the molecule is CC(=O)c1csc([C@H](O)C[C@@H](N)C(C)C)n1.CC(C)C[C@@H](N)Cc1ccccc1.Cc1ccc(C[C@H](N)C[C@H](C)C(=O)O)cc1. The molecule has 0 aliphatic heterocycles. The molecule has 8 N–H and O–H groups in total. The van der Waals surface area contributed by atoms with Gasteiger partial charge in [0.05, 0.1) is 5.92 Å². The minimum atomic E-state index is -0.778. The van der Waals surface area contributed by atoms with Crippen molar-refractivity contribution in [1.82, 2.24) is 4.98 Å². The van der Waals surface area contributed by atoms with Gasteiger partial charge in [-0.1, -0.05) is 94.8 Å². The Morgan fingerprint density at radius 1 is 0.822 bits per heavy atom. The van der Waals surface area contributed by atoms with E-state index in [2.05, 4.69) is 43.1 Å². The molecule has 0 fully saturated rings. The maximum absolute atomic E-state index is 11.0. The highest BCUT2D eigenvalue weighted by molar-refractivity contribution is 7.09. The van der Waals surface area contributed by atoms with Gasteiger partial charge < -0.3 is 27.4 Å². The van der Waals surface area contributed by atoms with E-state index in [-0.39, 0.29) is 23.8 Å². The summed E-state index contributed by atoms with van der Waals surface area (Å²) < 4.78 is 0. The van der Waals surface area contributed by atoms with E-state index in [1.54, 1.807) is 12.3 Å². The first-order valence-electron chi connectivity index (χ1n) is 15.8. The van der Waals surface area contributed by atoms with Crippen LogP contribution >= 0.6 is 11.3 Å². The Kier molecular flexibility index (Phi) is 18.7. The number of rotatable bonds is 14. The Hall–Kier alpha value is -2.95. The quantitative estimate of drug-likeness (QED) is 0.128. The Balaban J connectivity index is 0.000000340. The number of hydrogen-bond acceptors (Lipinski definition) is 8. The van der Waals surface area contributed by atoms with Crippen LogP contribution in [-0.2, 0) is 17.6 Å². The normalized spacial score (nSPS) is 14.3. The smallest absolute Gasteiger partial charge is 0.306 e. The van der Waals surface area contributed by atoms with Crippen molar-refractivity contribution in [3.63, 3.8) is 0 Å². The predicted octanol–water partition coefficient (Wildman–Crippen LogP) is 6.33. The lowest BCUT2D eigenvalue weighted by Crippen LogP contribution is -2.28. The molecule has 8 nitrogen and oxygen atoms in total. The molecule has 0 spiro atoms. The molecule has 3 rings (SSSR count). The van der Waals surface area contributed by atoms with Gasteiger partial charge in [0, 0.05) is 30.4 Å². The van der Waals surface area contributed by atoms with Crippen molar-refractivity contribution in [3.8, 4) is 0 Å². The molecule has 0 bridgehead atoms. The van der Waals surface area contributed by atoms with Crippen molar-refractivity contribution in [1.29, 1.82) is 0 Å². The number of aromatic nitrogens is 1. The minimum absolute atomic E-state index is 0.0559. The molecule has 1 aromatic heterocycles. The van der Waals surface area contributed by atoms with Crippen molar-refractivity contribution in [2.75, 3.05) is 0 Å². The Morgan fingerprint density at radius 2 is 1.36 bits per heavy atom. The van der Waals surface area contributed by atoms with Gasteiger partial charge in [-0.05, 0) is 62.0 Å². The first-order chi connectivity index (χ1) is 21.1. The molecule has 0 aliphatic carbocycles. The van der Waals surface area contributed by atoms with Gasteiger partial charge in [0.15, 0.2) is 5.78 Å². The largest absolute Gasteiger partial charge is 0.481 e. The van der Waals surface area contributed by atoms with Gasteiger partial charge in [-0.2, -0.15) is 0 Å². The van der Waals surface area contributed by atoms with E-state index in [1.807, 2.05) is 51.1 Å². The number of aliphatic hydroxyl groups excluding tert-OH is 1. The maximum Gasteiger partial charge on any atom is 0.306 e. The molecule has 0 aliphatic rings. The molecule has 5 atom stereocenters. The topological polar surface area (TPSA) is 166 Å². The number of ketones is 1. The number of carboxylic acids is 1. The van der Waals surface area contributed by atoms with Gasteiger partial charge in [-0.25, -0.2) is 4.98 Å². The number of Topliss-reactive ketones (excluding diaryl/α,β-unsaturated/α-hetero) is 1. The highest BCUT2D eigenvalue weighted by Crippen LogP contribution is 2.23. The molecule has 0 saturated heterocycles. The molecular formula is C36H56N4O4S. The Labute approximate surface area is 274 Å². The van der Waals surface area contributed by atoms with E-state index in [0.29, 0.717) is 41.4 Å². The molecule has 2 aromatic carbocycles. The summed E-state index contributed by atoms with van der Waals surface area (Å²) in [6.07, 6.45) is 3.16. The lowest BCUT2D eigenvalue weighted by atomic mass is 9.96. The number of benzene rings is 2. The number of nitrogens with zero attached hydrogens (tertiary/aromatic N) is 1. The van der Waals surface area contributed by atoms with E-state index in [9.17, 15) is 14.7 Å². The summed E-state index contributed by atoms with van der Waals surface area (Å²) in [6, 6.07) is 18.8. The molecule has 250 valence electrons. The lowest BCUT2D eigenvalue weighted by molar-refractivity contribution is -0.141. The number of carboxylic acid groups (broad SMARTS) is 1. The summed E-state index contributed by atoms with van der Waals surface area (Å²) in [6.45, 7) is 13.6. The van der Waals surface area contributed by atoms with Crippen molar-refractivity contribution in [2.24, 2.45) is 35.0 Å². The first-order valence-corrected chi connectivity index (χ1v) is 16.7. The number of aliphatic carboxylic acids is 1. The van der Waals surface area contributed by atoms with Crippen LogP contribution < -0.4 is 17.2 Å². The van der Waals surface area contributed by atoms with E-state index in [0.717, 1.165) is 24.8 Å².